The van der Waals surface area contributed by atoms with Crippen LogP contribution < -0.4 is 5.32 Å². The van der Waals surface area contributed by atoms with Crippen LogP contribution in [0.2, 0.25) is 0 Å². The molecule has 1 saturated carbocycles. The topological polar surface area (TPSA) is 33.7 Å². The Morgan fingerprint density at radius 1 is 1.20 bits per heavy atom. The molecule has 4 heteroatoms. The SMILES string of the molecule is CNCC1(CN2CCOC3CCCCC32)CCCOC1. The van der Waals surface area contributed by atoms with E-state index in [4.69, 9.17) is 9.47 Å². The minimum atomic E-state index is 0.312. The highest BCUT2D eigenvalue weighted by Gasteiger charge is 2.40. The molecular weight excluding hydrogens is 252 g/mol. The molecule has 2 aliphatic heterocycles. The molecule has 0 aromatic carbocycles. The predicted octanol–water partition coefficient (Wildman–Crippen LogP) is 1.65. The molecule has 3 fully saturated rings. The van der Waals surface area contributed by atoms with Crippen molar-refractivity contribution in [3.8, 4) is 0 Å². The minimum absolute atomic E-state index is 0.312. The highest BCUT2D eigenvalue weighted by atomic mass is 16.5. The molecule has 2 saturated heterocycles. The normalized spacial score (nSPS) is 39.5. The fourth-order valence-corrected chi connectivity index (χ4v) is 4.41. The summed E-state index contributed by atoms with van der Waals surface area (Å²) in [6, 6.07) is 0.660. The van der Waals surface area contributed by atoms with Gasteiger partial charge in [-0.2, -0.15) is 0 Å². The molecule has 0 aromatic rings. The number of rotatable bonds is 4. The fourth-order valence-electron chi connectivity index (χ4n) is 4.41. The second-order valence-electron chi connectivity index (χ2n) is 6.92. The van der Waals surface area contributed by atoms with Gasteiger partial charge in [-0.25, -0.2) is 0 Å². The molecule has 0 radical (unpaired) electrons. The quantitative estimate of drug-likeness (QED) is 0.850. The number of nitrogens with one attached hydrogen (secondary N) is 1. The first-order chi connectivity index (χ1) is 9.83. The van der Waals surface area contributed by atoms with Crippen molar-refractivity contribution < 1.29 is 9.47 Å². The molecule has 1 aliphatic carbocycles. The largest absolute Gasteiger partial charge is 0.381 e. The second kappa shape index (κ2) is 6.73. The summed E-state index contributed by atoms with van der Waals surface area (Å²) in [6.45, 7) is 6.13. The summed E-state index contributed by atoms with van der Waals surface area (Å²) >= 11 is 0. The Labute approximate surface area is 123 Å². The first kappa shape index (κ1) is 14.8. The summed E-state index contributed by atoms with van der Waals surface area (Å²) in [4.78, 5) is 2.72. The number of nitrogens with zero attached hydrogens (tertiary/aromatic N) is 1. The van der Waals surface area contributed by atoms with Crippen molar-refractivity contribution in [2.75, 3.05) is 46.5 Å². The molecular formula is C16H30N2O2. The van der Waals surface area contributed by atoms with Crippen LogP contribution in [0.5, 0.6) is 0 Å². The second-order valence-corrected chi connectivity index (χ2v) is 6.92. The van der Waals surface area contributed by atoms with Gasteiger partial charge in [0.25, 0.3) is 0 Å². The van der Waals surface area contributed by atoms with Crippen molar-refractivity contribution in [3.05, 3.63) is 0 Å². The molecule has 0 aromatic heterocycles. The van der Waals surface area contributed by atoms with E-state index in [-0.39, 0.29) is 0 Å². The van der Waals surface area contributed by atoms with Crippen molar-refractivity contribution in [2.45, 2.75) is 50.7 Å². The van der Waals surface area contributed by atoms with E-state index < -0.39 is 0 Å². The lowest BCUT2D eigenvalue weighted by Crippen LogP contribution is -2.58. The van der Waals surface area contributed by atoms with E-state index in [0.717, 1.165) is 32.9 Å². The maximum absolute atomic E-state index is 6.01. The van der Waals surface area contributed by atoms with E-state index in [9.17, 15) is 0 Å². The average Bonchev–Trinajstić information content (AvgIpc) is 2.49. The molecule has 0 amide bonds. The molecule has 0 spiro atoms. The fraction of sp³-hybridized carbons (Fsp3) is 1.00. The van der Waals surface area contributed by atoms with Gasteiger partial charge < -0.3 is 14.8 Å². The maximum Gasteiger partial charge on any atom is 0.0730 e. The van der Waals surface area contributed by atoms with Crippen molar-refractivity contribution in [3.63, 3.8) is 0 Å². The molecule has 4 nitrogen and oxygen atoms in total. The number of fused-ring (bicyclic) bond motifs is 1. The van der Waals surface area contributed by atoms with Gasteiger partial charge in [-0.15, -0.1) is 0 Å². The van der Waals surface area contributed by atoms with Crippen molar-refractivity contribution >= 4 is 0 Å². The Hall–Kier alpha value is -0.160. The van der Waals surface area contributed by atoms with Crippen LogP contribution in [0.25, 0.3) is 0 Å². The Bertz CT molecular complexity index is 297. The number of hydrogen-bond donors (Lipinski definition) is 1. The number of morpholine rings is 1. The van der Waals surface area contributed by atoms with Gasteiger partial charge in [-0.3, -0.25) is 4.90 Å². The highest BCUT2D eigenvalue weighted by Crippen LogP contribution is 2.34. The lowest BCUT2D eigenvalue weighted by atomic mass is 9.80. The summed E-state index contributed by atoms with van der Waals surface area (Å²) in [6.07, 6.45) is 8.30. The summed E-state index contributed by atoms with van der Waals surface area (Å²) in [5.74, 6) is 0. The molecule has 3 aliphatic rings. The van der Waals surface area contributed by atoms with Gasteiger partial charge in [0.2, 0.25) is 0 Å². The number of ether oxygens (including phenoxy) is 2. The monoisotopic (exact) mass is 282 g/mol. The van der Waals surface area contributed by atoms with Gasteiger partial charge in [-0.05, 0) is 32.7 Å². The minimum Gasteiger partial charge on any atom is -0.381 e. The van der Waals surface area contributed by atoms with Crippen molar-refractivity contribution in [1.29, 1.82) is 0 Å². The van der Waals surface area contributed by atoms with E-state index in [1.807, 2.05) is 0 Å². The van der Waals surface area contributed by atoms with Crippen LogP contribution in [0.1, 0.15) is 38.5 Å². The first-order valence-corrected chi connectivity index (χ1v) is 8.41. The summed E-state index contributed by atoms with van der Waals surface area (Å²) in [5.41, 5.74) is 0.312. The van der Waals surface area contributed by atoms with E-state index in [2.05, 4.69) is 17.3 Å². The summed E-state index contributed by atoms with van der Waals surface area (Å²) in [5, 5.41) is 3.40. The van der Waals surface area contributed by atoms with Crippen LogP contribution in [-0.2, 0) is 9.47 Å². The Morgan fingerprint density at radius 3 is 2.90 bits per heavy atom. The summed E-state index contributed by atoms with van der Waals surface area (Å²) < 4.78 is 11.8. The van der Waals surface area contributed by atoms with Crippen LogP contribution in [-0.4, -0.2) is 63.5 Å². The molecule has 3 atom stereocenters. The van der Waals surface area contributed by atoms with Gasteiger partial charge in [0.05, 0.1) is 19.3 Å². The number of hydrogen-bond acceptors (Lipinski definition) is 4. The van der Waals surface area contributed by atoms with E-state index in [1.165, 1.54) is 45.1 Å². The standard InChI is InChI=1S/C16H30N2O2/c1-17-11-16(7-4-9-19-13-16)12-18-8-10-20-15-6-3-2-5-14(15)18/h14-15,17H,2-13H2,1H3. The molecule has 2 heterocycles. The molecule has 1 N–H and O–H groups in total. The molecule has 3 rings (SSSR count). The van der Waals surface area contributed by atoms with Crippen LogP contribution in [0, 0.1) is 5.41 Å². The van der Waals surface area contributed by atoms with E-state index in [1.54, 1.807) is 0 Å². The Kier molecular flexibility index (Phi) is 4.97. The van der Waals surface area contributed by atoms with Crippen LogP contribution in [0.4, 0.5) is 0 Å². The molecule has 20 heavy (non-hydrogen) atoms. The van der Waals surface area contributed by atoms with Crippen LogP contribution >= 0.6 is 0 Å². The van der Waals surface area contributed by atoms with Crippen LogP contribution in [0.3, 0.4) is 0 Å². The zero-order valence-corrected chi connectivity index (χ0v) is 12.9. The van der Waals surface area contributed by atoms with Crippen molar-refractivity contribution in [1.82, 2.24) is 10.2 Å². The molecule has 3 unspecified atom stereocenters. The third-order valence-corrected chi connectivity index (χ3v) is 5.34. The zero-order valence-electron chi connectivity index (χ0n) is 12.9. The highest BCUT2D eigenvalue weighted by molar-refractivity contribution is 4.93. The van der Waals surface area contributed by atoms with Gasteiger partial charge in [0, 0.05) is 37.7 Å². The first-order valence-electron chi connectivity index (χ1n) is 8.41. The molecule has 0 bridgehead atoms. The Balaban J connectivity index is 1.66. The third-order valence-electron chi connectivity index (χ3n) is 5.34. The maximum atomic E-state index is 6.01. The third kappa shape index (κ3) is 3.19. The zero-order chi connectivity index (χ0) is 13.8. The van der Waals surface area contributed by atoms with E-state index in [0.29, 0.717) is 17.6 Å². The van der Waals surface area contributed by atoms with Gasteiger partial charge in [0.15, 0.2) is 0 Å². The average molecular weight is 282 g/mol. The summed E-state index contributed by atoms with van der Waals surface area (Å²) in [7, 11) is 2.07. The Morgan fingerprint density at radius 2 is 2.10 bits per heavy atom. The lowest BCUT2D eigenvalue weighted by Gasteiger charge is -2.48. The van der Waals surface area contributed by atoms with Gasteiger partial charge in [-0.1, -0.05) is 12.8 Å². The van der Waals surface area contributed by atoms with Gasteiger partial charge >= 0.3 is 0 Å². The lowest BCUT2D eigenvalue weighted by molar-refractivity contribution is -0.112. The predicted molar refractivity (Wildman–Crippen MR) is 80.0 cm³/mol. The van der Waals surface area contributed by atoms with Crippen LogP contribution in [0.15, 0.2) is 0 Å². The van der Waals surface area contributed by atoms with Crippen molar-refractivity contribution in [2.24, 2.45) is 5.41 Å². The van der Waals surface area contributed by atoms with Gasteiger partial charge in [0.1, 0.15) is 0 Å². The smallest absolute Gasteiger partial charge is 0.0730 e. The van der Waals surface area contributed by atoms with E-state index >= 15 is 0 Å². The molecule has 116 valence electrons.